The van der Waals surface area contributed by atoms with Crippen LogP contribution >= 0.6 is 0 Å². The summed E-state index contributed by atoms with van der Waals surface area (Å²) in [5.41, 5.74) is 8.37. The van der Waals surface area contributed by atoms with Crippen LogP contribution in [0.1, 0.15) is 24.0 Å². The molecule has 1 aliphatic heterocycles. The minimum absolute atomic E-state index is 0.330. The van der Waals surface area contributed by atoms with Gasteiger partial charge in [0, 0.05) is 19.6 Å². The highest BCUT2D eigenvalue weighted by Crippen LogP contribution is 2.22. The van der Waals surface area contributed by atoms with Crippen molar-refractivity contribution in [2.24, 2.45) is 5.73 Å². The van der Waals surface area contributed by atoms with Crippen molar-refractivity contribution < 1.29 is 22.5 Å². The van der Waals surface area contributed by atoms with Crippen molar-refractivity contribution in [1.29, 1.82) is 5.26 Å². The van der Waals surface area contributed by atoms with E-state index in [9.17, 15) is 18.5 Å². The highest BCUT2D eigenvalue weighted by atomic mass is 32.2. The predicted octanol–water partition coefficient (Wildman–Crippen LogP) is 1.80. The molecule has 0 radical (unpaired) electrons. The molecule has 1 fully saturated rings. The maximum Gasteiger partial charge on any atom is 0.269 e. The standard InChI is InChI=1S/C22H25N3O5S/c23-14-20(25-21(26)22(24)9-11-30-12-10-22)13-16-1-5-18(6-2-16)19-7-3-17(4-8-19)15-31(27,28)29/h1-8,20H,9-13,15,24H2,(H,25,26)(H,27,28,29). The molecule has 0 spiro atoms. The van der Waals surface area contributed by atoms with E-state index in [4.69, 9.17) is 15.0 Å². The first-order valence-corrected chi connectivity index (χ1v) is 11.5. The first-order valence-electron chi connectivity index (χ1n) is 9.89. The maximum atomic E-state index is 12.5. The highest BCUT2D eigenvalue weighted by Gasteiger charge is 2.36. The van der Waals surface area contributed by atoms with Gasteiger partial charge >= 0.3 is 0 Å². The third-order valence-electron chi connectivity index (χ3n) is 5.33. The highest BCUT2D eigenvalue weighted by molar-refractivity contribution is 7.85. The van der Waals surface area contributed by atoms with Crippen LogP contribution in [0.4, 0.5) is 0 Å². The van der Waals surface area contributed by atoms with Gasteiger partial charge in [-0.3, -0.25) is 9.35 Å². The molecule has 8 nitrogen and oxygen atoms in total. The van der Waals surface area contributed by atoms with Crippen LogP contribution in [-0.4, -0.2) is 43.7 Å². The smallest absolute Gasteiger partial charge is 0.269 e. The van der Waals surface area contributed by atoms with Crippen molar-refractivity contribution in [3.63, 3.8) is 0 Å². The lowest BCUT2D eigenvalue weighted by molar-refractivity contribution is -0.130. The number of hydrogen-bond donors (Lipinski definition) is 3. The van der Waals surface area contributed by atoms with Crippen molar-refractivity contribution in [1.82, 2.24) is 5.32 Å². The summed E-state index contributed by atoms with van der Waals surface area (Å²) < 4.78 is 36.1. The molecule has 2 aromatic carbocycles. The second-order valence-electron chi connectivity index (χ2n) is 7.75. The quantitative estimate of drug-likeness (QED) is 0.554. The first-order chi connectivity index (χ1) is 14.7. The Morgan fingerprint density at radius 2 is 1.61 bits per heavy atom. The molecule has 3 rings (SSSR count). The summed E-state index contributed by atoms with van der Waals surface area (Å²) in [6.07, 6.45) is 1.20. The molecule has 4 N–H and O–H groups in total. The SMILES string of the molecule is N#CC(Cc1ccc(-c2ccc(CS(=O)(=O)O)cc2)cc1)NC(=O)C1(N)CCOCC1. The second kappa shape index (κ2) is 9.58. The van der Waals surface area contributed by atoms with Gasteiger partial charge in [0.1, 0.15) is 11.8 Å². The Hall–Kier alpha value is -2.77. The van der Waals surface area contributed by atoms with Crippen molar-refractivity contribution in [3.8, 4) is 17.2 Å². The number of nitrogens with two attached hydrogens (primary N) is 1. The summed E-state index contributed by atoms with van der Waals surface area (Å²) in [5, 5.41) is 12.2. The molecule has 2 aromatic rings. The van der Waals surface area contributed by atoms with Gasteiger partial charge in [-0.15, -0.1) is 0 Å². The molecule has 9 heteroatoms. The van der Waals surface area contributed by atoms with E-state index in [1.54, 1.807) is 24.3 Å². The normalized spacial score (nSPS) is 16.8. The van der Waals surface area contributed by atoms with Gasteiger partial charge in [-0.1, -0.05) is 48.5 Å². The molecule has 1 amide bonds. The van der Waals surface area contributed by atoms with Gasteiger partial charge in [0.25, 0.3) is 10.1 Å². The van der Waals surface area contributed by atoms with Crippen LogP contribution in [0.2, 0.25) is 0 Å². The Balaban J connectivity index is 1.62. The van der Waals surface area contributed by atoms with Gasteiger partial charge in [0.15, 0.2) is 0 Å². The number of nitrogens with one attached hydrogen (secondary N) is 1. The first kappa shape index (κ1) is 22.9. The number of ether oxygens (including phenoxy) is 1. The zero-order chi connectivity index (χ0) is 22.5. The van der Waals surface area contributed by atoms with Crippen LogP contribution in [0.5, 0.6) is 0 Å². The number of benzene rings is 2. The van der Waals surface area contributed by atoms with Gasteiger partial charge in [0.05, 0.1) is 11.6 Å². The topological polar surface area (TPSA) is 143 Å². The van der Waals surface area contributed by atoms with Gasteiger partial charge < -0.3 is 15.8 Å². The number of nitrogens with zero attached hydrogens (tertiary/aromatic N) is 1. The van der Waals surface area contributed by atoms with Crippen LogP contribution in [0.25, 0.3) is 11.1 Å². The van der Waals surface area contributed by atoms with Gasteiger partial charge in [-0.2, -0.15) is 13.7 Å². The molecule has 0 aromatic heterocycles. The third-order valence-corrected chi connectivity index (χ3v) is 6.03. The van der Waals surface area contributed by atoms with Crippen LogP contribution in [-0.2, 0) is 31.8 Å². The van der Waals surface area contributed by atoms with E-state index in [2.05, 4.69) is 11.4 Å². The Labute approximate surface area is 181 Å². The van der Waals surface area contributed by atoms with Crippen LogP contribution in [0.15, 0.2) is 48.5 Å². The number of carbonyl (C=O) groups is 1. The molecular formula is C22H25N3O5S. The van der Waals surface area contributed by atoms with E-state index in [0.717, 1.165) is 16.7 Å². The molecule has 1 atom stereocenters. The fourth-order valence-electron chi connectivity index (χ4n) is 3.47. The summed E-state index contributed by atoms with van der Waals surface area (Å²) in [5.74, 6) is -0.756. The fourth-order valence-corrected chi connectivity index (χ4v) is 4.08. The third kappa shape index (κ3) is 6.35. The zero-order valence-electron chi connectivity index (χ0n) is 17.0. The Morgan fingerprint density at radius 1 is 1.10 bits per heavy atom. The number of hydrogen-bond acceptors (Lipinski definition) is 6. The molecular weight excluding hydrogens is 418 g/mol. The van der Waals surface area contributed by atoms with E-state index in [1.165, 1.54) is 0 Å². The Bertz CT molecular complexity index is 1050. The van der Waals surface area contributed by atoms with E-state index < -0.39 is 27.5 Å². The number of nitriles is 1. The van der Waals surface area contributed by atoms with Gasteiger partial charge in [-0.25, -0.2) is 0 Å². The molecule has 164 valence electrons. The number of amides is 1. The Morgan fingerprint density at radius 3 is 2.10 bits per heavy atom. The molecule has 0 aliphatic carbocycles. The zero-order valence-corrected chi connectivity index (χ0v) is 17.8. The summed E-state index contributed by atoms with van der Waals surface area (Å²) in [6, 6.07) is 15.8. The van der Waals surface area contributed by atoms with Crippen LogP contribution in [0, 0.1) is 11.3 Å². The Kier molecular flexibility index (Phi) is 7.08. The van der Waals surface area contributed by atoms with E-state index in [-0.39, 0.29) is 5.91 Å². The lowest BCUT2D eigenvalue weighted by atomic mass is 9.90. The fraction of sp³-hybridized carbons (Fsp3) is 0.364. The van der Waals surface area contributed by atoms with Gasteiger partial charge in [-0.05, 0) is 35.1 Å². The molecule has 0 saturated carbocycles. The minimum atomic E-state index is -4.06. The summed E-state index contributed by atoms with van der Waals surface area (Å²) in [6.45, 7) is 0.860. The average molecular weight is 444 g/mol. The summed E-state index contributed by atoms with van der Waals surface area (Å²) >= 11 is 0. The number of rotatable bonds is 7. The average Bonchev–Trinajstić information content (AvgIpc) is 2.74. The predicted molar refractivity (Wildman–Crippen MR) is 115 cm³/mol. The van der Waals surface area contributed by atoms with E-state index in [0.29, 0.717) is 38.0 Å². The maximum absolute atomic E-state index is 12.5. The summed E-state index contributed by atoms with van der Waals surface area (Å²) in [7, 11) is -4.06. The van der Waals surface area contributed by atoms with E-state index in [1.807, 2.05) is 24.3 Å². The van der Waals surface area contributed by atoms with Crippen molar-refractivity contribution >= 4 is 16.0 Å². The molecule has 1 heterocycles. The molecule has 0 bridgehead atoms. The van der Waals surface area contributed by atoms with Crippen molar-refractivity contribution in [2.75, 3.05) is 13.2 Å². The lowest BCUT2D eigenvalue weighted by Crippen LogP contribution is -2.58. The lowest BCUT2D eigenvalue weighted by Gasteiger charge is -2.32. The van der Waals surface area contributed by atoms with Crippen molar-refractivity contribution in [2.45, 2.75) is 36.6 Å². The number of carbonyl (C=O) groups excluding carboxylic acids is 1. The monoisotopic (exact) mass is 443 g/mol. The molecule has 1 saturated heterocycles. The van der Waals surface area contributed by atoms with Gasteiger partial charge in [0.2, 0.25) is 5.91 Å². The molecule has 1 unspecified atom stereocenters. The molecule has 1 aliphatic rings. The largest absolute Gasteiger partial charge is 0.381 e. The van der Waals surface area contributed by atoms with Crippen LogP contribution < -0.4 is 11.1 Å². The molecule has 31 heavy (non-hydrogen) atoms. The summed E-state index contributed by atoms with van der Waals surface area (Å²) in [4.78, 5) is 12.5. The van der Waals surface area contributed by atoms with E-state index >= 15 is 0 Å². The minimum Gasteiger partial charge on any atom is -0.381 e. The van der Waals surface area contributed by atoms with Crippen LogP contribution in [0.3, 0.4) is 0 Å². The second-order valence-corrected chi connectivity index (χ2v) is 9.20. The van der Waals surface area contributed by atoms with Crippen molar-refractivity contribution in [3.05, 3.63) is 59.7 Å².